The molecule has 1 amide bonds. The average molecular weight is 791 g/mol. The van der Waals surface area contributed by atoms with Crippen molar-refractivity contribution in [3.8, 4) is 0 Å². The number of nitrogens with zero attached hydrogens (tertiary/aromatic N) is 4. The lowest BCUT2D eigenvalue weighted by Crippen LogP contribution is -2.51. The van der Waals surface area contributed by atoms with Crippen molar-refractivity contribution in [3.63, 3.8) is 0 Å². The van der Waals surface area contributed by atoms with Crippen molar-refractivity contribution in [1.82, 2.24) is 14.5 Å². The van der Waals surface area contributed by atoms with Gasteiger partial charge in [-0.15, -0.1) is 0 Å². The van der Waals surface area contributed by atoms with Gasteiger partial charge in [0.1, 0.15) is 12.4 Å². The van der Waals surface area contributed by atoms with E-state index in [0.717, 1.165) is 25.7 Å². The van der Waals surface area contributed by atoms with E-state index >= 15 is 0 Å². The van der Waals surface area contributed by atoms with Crippen molar-refractivity contribution in [3.05, 3.63) is 52.3 Å². The van der Waals surface area contributed by atoms with E-state index in [1.165, 1.54) is 132 Å². The topological polar surface area (TPSA) is 143 Å². The minimum absolute atomic E-state index is 0.00369. The summed E-state index contributed by atoms with van der Waals surface area (Å²) in [5, 5.41) is 11.5. The van der Waals surface area contributed by atoms with Gasteiger partial charge in [-0.05, 0) is 55.9 Å². The molecule has 0 radical (unpaired) electrons. The molecule has 0 saturated carbocycles. The average Bonchev–Trinajstić information content (AvgIpc) is 3.64. The van der Waals surface area contributed by atoms with Gasteiger partial charge in [-0.2, -0.15) is 8.42 Å². The number of ether oxygens (including phenoxy) is 2. The Labute approximate surface area is 331 Å². The first-order chi connectivity index (χ1) is 26.4. The second kappa shape index (κ2) is 24.7. The summed E-state index contributed by atoms with van der Waals surface area (Å²) in [6.07, 6.45) is 27.3. The number of imidazole rings is 1. The summed E-state index contributed by atoms with van der Waals surface area (Å²) in [5.74, 6) is -1.36. The van der Waals surface area contributed by atoms with Gasteiger partial charge in [-0.25, -0.2) is 4.57 Å². The van der Waals surface area contributed by atoms with E-state index in [1.54, 1.807) is 26.0 Å². The van der Waals surface area contributed by atoms with Crippen LogP contribution in [-0.2, 0) is 30.3 Å². The summed E-state index contributed by atoms with van der Waals surface area (Å²) in [6, 6.07) is 5.93. The van der Waals surface area contributed by atoms with Crippen LogP contribution in [0.15, 0.2) is 41.6 Å². The van der Waals surface area contributed by atoms with Crippen LogP contribution in [0.5, 0.6) is 0 Å². The number of benzene rings is 1. The number of carbonyl (C=O) groups is 1. The lowest BCUT2D eigenvalue weighted by molar-refractivity contribution is -0.397. The Morgan fingerprint density at radius 1 is 0.800 bits per heavy atom. The minimum Gasteiger partial charge on any atom is -0.390 e. The first-order valence-electron chi connectivity index (χ1n) is 21.1. The van der Waals surface area contributed by atoms with E-state index in [0.29, 0.717) is 18.7 Å². The van der Waals surface area contributed by atoms with Gasteiger partial charge in [0.25, 0.3) is 16.0 Å². The summed E-state index contributed by atoms with van der Waals surface area (Å²) in [6.45, 7) is 9.10. The number of hydrogen-bond acceptors (Lipinski definition) is 9. The third-order valence-electron chi connectivity index (χ3n) is 10.6. The van der Waals surface area contributed by atoms with Crippen LogP contribution < -0.4 is 0 Å². The first kappa shape index (κ1) is 46.5. The Hall–Kier alpha value is -2.87. The van der Waals surface area contributed by atoms with E-state index in [9.17, 15) is 23.3 Å². The monoisotopic (exact) mass is 790 g/mol. The zero-order valence-corrected chi connectivity index (χ0v) is 35.1. The van der Waals surface area contributed by atoms with Crippen molar-refractivity contribution in [2.24, 2.45) is 5.41 Å². The number of rotatable bonds is 30. The fourth-order valence-corrected chi connectivity index (χ4v) is 8.04. The van der Waals surface area contributed by atoms with Crippen LogP contribution in [0.4, 0.5) is 5.95 Å². The van der Waals surface area contributed by atoms with Gasteiger partial charge < -0.3 is 24.5 Å². The molecule has 1 aromatic carbocycles. The molecule has 12 nitrogen and oxygen atoms in total. The molecule has 0 spiro atoms. The van der Waals surface area contributed by atoms with Crippen LogP contribution in [0, 0.1) is 15.5 Å². The van der Waals surface area contributed by atoms with Gasteiger partial charge in [0, 0.05) is 18.7 Å². The van der Waals surface area contributed by atoms with E-state index in [1.807, 2.05) is 4.90 Å². The van der Waals surface area contributed by atoms with Gasteiger partial charge in [-0.3, -0.25) is 8.98 Å². The Morgan fingerprint density at radius 3 is 1.71 bits per heavy atom. The second-order valence-corrected chi connectivity index (χ2v) is 17.6. The molecule has 2 heterocycles. The van der Waals surface area contributed by atoms with E-state index in [-0.39, 0.29) is 43.1 Å². The molecule has 13 heteroatoms. The number of hydrogen-bond donors (Lipinski definition) is 0. The Kier molecular flexibility index (Phi) is 20.9. The van der Waals surface area contributed by atoms with Crippen molar-refractivity contribution in [1.29, 1.82) is 0 Å². The lowest BCUT2D eigenvalue weighted by Gasteiger charge is -2.42. The van der Waals surface area contributed by atoms with Crippen molar-refractivity contribution in [2.75, 3.05) is 32.9 Å². The van der Waals surface area contributed by atoms with Gasteiger partial charge in [0.05, 0.1) is 36.7 Å². The molecule has 0 N–H and O–H groups in total. The van der Waals surface area contributed by atoms with Crippen LogP contribution in [-0.4, -0.2) is 72.4 Å². The zero-order valence-electron chi connectivity index (χ0n) is 34.3. The van der Waals surface area contributed by atoms with Crippen LogP contribution in [0.3, 0.4) is 0 Å². The Morgan fingerprint density at radius 2 is 1.25 bits per heavy atom. The molecule has 1 aliphatic rings. The summed E-state index contributed by atoms with van der Waals surface area (Å²) in [7, 11) is -4.25. The molecule has 1 saturated heterocycles. The highest BCUT2D eigenvalue weighted by Crippen LogP contribution is 2.34. The van der Waals surface area contributed by atoms with E-state index in [4.69, 9.17) is 13.7 Å². The summed E-state index contributed by atoms with van der Waals surface area (Å²) >= 11 is 0. The number of carbonyl (C=O) groups excluding carboxylic acids is 1. The maximum atomic E-state index is 13.8. The molecule has 0 aliphatic carbocycles. The maximum absolute atomic E-state index is 13.8. The minimum atomic E-state index is -4.25. The third kappa shape index (κ3) is 17.0. The molecule has 0 atom stereocenters. The molecular formula is C42H70N4O8S. The molecule has 0 unspecified atom stereocenters. The summed E-state index contributed by atoms with van der Waals surface area (Å²) in [5.41, 5.74) is -0.605. The van der Waals surface area contributed by atoms with Crippen LogP contribution >= 0.6 is 0 Å². The molecule has 1 aromatic heterocycles. The maximum Gasteiger partial charge on any atom is 0.434 e. The molecular weight excluding hydrogens is 721 g/mol. The molecule has 55 heavy (non-hydrogen) atoms. The van der Waals surface area contributed by atoms with Crippen molar-refractivity contribution in [2.45, 2.75) is 173 Å². The van der Waals surface area contributed by atoms with Crippen LogP contribution in [0.1, 0.15) is 166 Å². The number of unbranched alkanes of at least 4 members (excludes halogenated alkanes) is 18. The molecule has 0 bridgehead atoms. The predicted molar refractivity (Wildman–Crippen MR) is 216 cm³/mol. The quantitative estimate of drug-likeness (QED) is 0.0327. The van der Waals surface area contributed by atoms with Crippen molar-refractivity contribution >= 4 is 22.0 Å². The van der Waals surface area contributed by atoms with Gasteiger partial charge in [0.2, 0.25) is 0 Å². The molecule has 1 aliphatic heterocycles. The SMILES string of the molecule is CCCCCCCCCCCCN(CCCCCCCCCCCC)C(=O)c1ccc(S(=O)(=O)OCC2(Cn3ccnc3[N+](=O)[O-])COC(C)(C)OC2)cc1. The molecule has 312 valence electrons. The lowest BCUT2D eigenvalue weighted by atomic mass is 9.89. The zero-order chi connectivity index (χ0) is 40.0. The summed E-state index contributed by atoms with van der Waals surface area (Å²) in [4.78, 5) is 30.4. The van der Waals surface area contributed by atoms with E-state index < -0.39 is 26.2 Å². The highest BCUT2D eigenvalue weighted by atomic mass is 32.2. The fourth-order valence-electron chi connectivity index (χ4n) is 7.03. The normalized spacial score (nSPS) is 15.3. The van der Waals surface area contributed by atoms with Crippen molar-refractivity contribution < 1.29 is 31.8 Å². The number of amides is 1. The highest BCUT2D eigenvalue weighted by Gasteiger charge is 2.44. The van der Waals surface area contributed by atoms with Crippen LogP contribution in [0.2, 0.25) is 0 Å². The largest absolute Gasteiger partial charge is 0.434 e. The predicted octanol–water partition coefficient (Wildman–Crippen LogP) is 10.3. The smallest absolute Gasteiger partial charge is 0.390 e. The van der Waals surface area contributed by atoms with Gasteiger partial charge in [0.15, 0.2) is 5.79 Å². The number of nitro groups is 1. The first-order valence-corrected chi connectivity index (χ1v) is 22.5. The Balaban J connectivity index is 1.59. The standard InChI is InChI=1S/C42H70N4O8S/c1-5-7-9-11-13-15-17-19-21-23-30-44(31-24-22-20-18-16-14-12-10-8-6-2)39(47)37-25-27-38(28-26-37)55(50,51)54-36-42(34-52-41(3,4)53-35-42)33-45-32-29-43-40(45)46(48)49/h25-29,32H,5-24,30-31,33-36H2,1-4H3. The van der Waals surface area contributed by atoms with E-state index in [2.05, 4.69) is 18.8 Å². The molecule has 1 fully saturated rings. The van der Waals surface area contributed by atoms with Crippen LogP contribution in [0.25, 0.3) is 0 Å². The molecule has 3 rings (SSSR count). The van der Waals surface area contributed by atoms with Gasteiger partial charge in [-0.1, -0.05) is 134 Å². The third-order valence-corrected chi connectivity index (χ3v) is 11.9. The number of aromatic nitrogens is 2. The fraction of sp³-hybridized carbons (Fsp3) is 0.762. The highest BCUT2D eigenvalue weighted by molar-refractivity contribution is 7.86. The summed E-state index contributed by atoms with van der Waals surface area (Å²) < 4.78 is 45.5. The Bertz CT molecular complexity index is 1460. The van der Waals surface area contributed by atoms with Gasteiger partial charge >= 0.3 is 5.95 Å². The second-order valence-electron chi connectivity index (χ2n) is 16.0. The molecule has 2 aromatic rings.